The minimum absolute atomic E-state index is 0.0211. The third-order valence-electron chi connectivity index (χ3n) is 9.93. The summed E-state index contributed by atoms with van der Waals surface area (Å²) in [6.07, 6.45) is -1.80. The maximum atomic E-state index is 14.4. The lowest BCUT2D eigenvalue weighted by Crippen LogP contribution is -2.60. The van der Waals surface area contributed by atoms with Crippen LogP contribution in [0.3, 0.4) is 0 Å². The number of carbonyl (C=O) groups is 8. The predicted molar refractivity (Wildman–Crippen MR) is 230 cm³/mol. The highest BCUT2D eigenvalue weighted by Crippen LogP contribution is 2.12. The van der Waals surface area contributed by atoms with Crippen molar-refractivity contribution in [1.29, 1.82) is 0 Å². The Hall–Kier alpha value is -7.40. The van der Waals surface area contributed by atoms with Crippen molar-refractivity contribution in [2.24, 2.45) is 5.73 Å². The largest absolute Gasteiger partial charge is 0.481 e. The molecule has 5 amide bonds. The van der Waals surface area contributed by atoms with E-state index in [0.717, 1.165) is 0 Å². The fraction of sp³-hybridized carbons (Fsp3) is 0.304. The van der Waals surface area contributed by atoms with E-state index in [2.05, 4.69) is 26.6 Å². The van der Waals surface area contributed by atoms with E-state index >= 15 is 0 Å². The van der Waals surface area contributed by atoms with Gasteiger partial charge in [0.1, 0.15) is 30.2 Å². The molecule has 0 radical (unpaired) electrons. The zero-order valence-electron chi connectivity index (χ0n) is 34.4. The number of amides is 5. The first-order valence-electron chi connectivity index (χ1n) is 20.3. The summed E-state index contributed by atoms with van der Waals surface area (Å²) < 4.78 is 0. The zero-order chi connectivity index (χ0) is 45.7. The van der Waals surface area contributed by atoms with E-state index in [1.807, 2.05) is 0 Å². The van der Waals surface area contributed by atoms with Crippen molar-refractivity contribution >= 4 is 47.4 Å². The van der Waals surface area contributed by atoms with Crippen LogP contribution in [0.2, 0.25) is 0 Å². The Bertz CT molecular complexity index is 2160. The van der Waals surface area contributed by atoms with E-state index in [1.54, 1.807) is 121 Å². The quantitative estimate of drug-likeness (QED) is 0.0459. The smallest absolute Gasteiger partial charge is 0.326 e. The summed E-state index contributed by atoms with van der Waals surface area (Å²) in [5.41, 5.74) is 8.50. The SMILES string of the molecule is N[C@@H](CCC(=O)O)C(=O)N[C@@H](Cc1ccccc1)C(=O)N[C@@H](Cc1ccccc1)C(=O)N[C@@H](Cc1ccccc1)C(=O)N[C@@H](Cc1ccccc1)C(=O)N[C@@H](CCC(=O)O)C(=O)O. The molecule has 4 rings (SSSR count). The van der Waals surface area contributed by atoms with Crippen molar-refractivity contribution in [3.05, 3.63) is 144 Å². The normalized spacial score (nSPS) is 13.7. The number of aliphatic carboxylic acids is 3. The van der Waals surface area contributed by atoms with Gasteiger partial charge >= 0.3 is 17.9 Å². The van der Waals surface area contributed by atoms with Crippen LogP contribution in [0.25, 0.3) is 0 Å². The van der Waals surface area contributed by atoms with Gasteiger partial charge in [0.2, 0.25) is 29.5 Å². The molecule has 0 bridgehead atoms. The van der Waals surface area contributed by atoms with Crippen LogP contribution in [0.4, 0.5) is 0 Å². The number of nitrogens with one attached hydrogen (secondary N) is 5. The molecule has 0 heterocycles. The zero-order valence-corrected chi connectivity index (χ0v) is 34.4. The first kappa shape index (κ1) is 48.3. The van der Waals surface area contributed by atoms with E-state index in [9.17, 15) is 43.5 Å². The van der Waals surface area contributed by atoms with Crippen molar-refractivity contribution in [3.8, 4) is 0 Å². The molecule has 6 atom stereocenters. The molecule has 63 heavy (non-hydrogen) atoms. The van der Waals surface area contributed by atoms with E-state index in [0.29, 0.717) is 22.3 Å². The molecular weight excluding hydrogens is 813 g/mol. The van der Waals surface area contributed by atoms with Crippen LogP contribution >= 0.6 is 0 Å². The highest BCUT2D eigenvalue weighted by molar-refractivity contribution is 5.97. The fourth-order valence-corrected chi connectivity index (χ4v) is 6.54. The van der Waals surface area contributed by atoms with Crippen molar-refractivity contribution in [3.63, 3.8) is 0 Å². The lowest BCUT2D eigenvalue weighted by Gasteiger charge is -2.27. The van der Waals surface area contributed by atoms with E-state index < -0.39 is 96.5 Å². The molecule has 332 valence electrons. The highest BCUT2D eigenvalue weighted by Gasteiger charge is 2.34. The lowest BCUT2D eigenvalue weighted by molar-refractivity contribution is -0.143. The third kappa shape index (κ3) is 16.9. The molecule has 0 aliphatic heterocycles. The molecular formula is C46H52N6O11. The number of nitrogens with two attached hydrogens (primary N) is 1. The minimum Gasteiger partial charge on any atom is -0.481 e. The summed E-state index contributed by atoms with van der Waals surface area (Å²) in [5.74, 6) is -7.96. The van der Waals surface area contributed by atoms with Gasteiger partial charge in [-0.1, -0.05) is 121 Å². The molecule has 17 nitrogen and oxygen atoms in total. The van der Waals surface area contributed by atoms with Crippen LogP contribution in [0.1, 0.15) is 47.9 Å². The molecule has 0 saturated carbocycles. The van der Waals surface area contributed by atoms with Crippen LogP contribution in [0.5, 0.6) is 0 Å². The van der Waals surface area contributed by atoms with Crippen LogP contribution in [-0.4, -0.2) is 99.0 Å². The summed E-state index contributed by atoms with van der Waals surface area (Å²) in [6.45, 7) is 0. The second-order valence-electron chi connectivity index (χ2n) is 14.9. The van der Waals surface area contributed by atoms with Gasteiger partial charge in [0.25, 0.3) is 0 Å². The third-order valence-corrected chi connectivity index (χ3v) is 9.93. The van der Waals surface area contributed by atoms with Gasteiger partial charge in [0.15, 0.2) is 0 Å². The van der Waals surface area contributed by atoms with E-state index in [4.69, 9.17) is 15.9 Å². The molecule has 0 fully saturated rings. The molecule has 0 aromatic heterocycles. The van der Waals surface area contributed by atoms with Crippen LogP contribution < -0.4 is 32.3 Å². The Morgan fingerprint density at radius 3 is 0.905 bits per heavy atom. The Morgan fingerprint density at radius 1 is 0.381 bits per heavy atom. The van der Waals surface area contributed by atoms with Gasteiger partial charge in [-0.05, 0) is 35.1 Å². The van der Waals surface area contributed by atoms with Gasteiger partial charge < -0.3 is 47.6 Å². The van der Waals surface area contributed by atoms with Gasteiger partial charge in [-0.3, -0.25) is 33.6 Å². The van der Waals surface area contributed by atoms with E-state index in [-0.39, 0.29) is 38.5 Å². The van der Waals surface area contributed by atoms with Crippen LogP contribution in [0.15, 0.2) is 121 Å². The first-order chi connectivity index (χ1) is 30.2. The van der Waals surface area contributed by atoms with Crippen molar-refractivity contribution in [2.75, 3.05) is 0 Å². The molecule has 17 heteroatoms. The van der Waals surface area contributed by atoms with Crippen LogP contribution in [-0.2, 0) is 64.0 Å². The second-order valence-corrected chi connectivity index (χ2v) is 14.9. The predicted octanol–water partition coefficient (Wildman–Crippen LogP) is 1.52. The van der Waals surface area contributed by atoms with Crippen molar-refractivity contribution in [2.45, 2.75) is 87.6 Å². The molecule has 0 aliphatic carbocycles. The molecule has 0 aliphatic rings. The lowest BCUT2D eigenvalue weighted by atomic mass is 10.00. The first-order valence-corrected chi connectivity index (χ1v) is 20.3. The van der Waals surface area contributed by atoms with E-state index in [1.165, 1.54) is 0 Å². The molecule has 0 saturated heterocycles. The summed E-state index contributed by atoms with van der Waals surface area (Å²) in [4.78, 5) is 104. The molecule has 0 spiro atoms. The maximum Gasteiger partial charge on any atom is 0.326 e. The topological polar surface area (TPSA) is 283 Å². The number of hydrogen-bond donors (Lipinski definition) is 9. The summed E-state index contributed by atoms with van der Waals surface area (Å²) in [5, 5.41) is 41.1. The average Bonchev–Trinajstić information content (AvgIpc) is 3.27. The number of carboxylic acids is 3. The summed E-state index contributed by atoms with van der Waals surface area (Å²) in [7, 11) is 0. The number of rotatable bonds is 25. The molecule has 10 N–H and O–H groups in total. The molecule has 4 aromatic carbocycles. The fourth-order valence-electron chi connectivity index (χ4n) is 6.54. The Labute approximate surface area is 363 Å². The average molecular weight is 865 g/mol. The number of benzene rings is 4. The van der Waals surface area contributed by atoms with Crippen molar-refractivity contribution in [1.82, 2.24) is 26.6 Å². The maximum absolute atomic E-state index is 14.4. The second kappa shape index (κ2) is 24.8. The Kier molecular flexibility index (Phi) is 19.0. The number of hydrogen-bond acceptors (Lipinski definition) is 9. The van der Waals surface area contributed by atoms with Crippen LogP contribution in [0, 0.1) is 0 Å². The van der Waals surface area contributed by atoms with Crippen molar-refractivity contribution < 1.29 is 53.7 Å². The monoisotopic (exact) mass is 864 g/mol. The molecule has 4 aromatic rings. The minimum atomic E-state index is -1.58. The van der Waals surface area contributed by atoms with Gasteiger partial charge in [-0.2, -0.15) is 0 Å². The standard InChI is InChI=1S/C46H52N6O11/c47-33(21-23-39(53)54)41(57)49-35(25-29-13-5-1-6-14-29)43(59)51-37(27-31-17-9-3-10-18-31)45(61)52-38(28-32-19-11-4-12-20-32)44(60)50-36(26-30-15-7-2-8-16-30)42(58)48-34(46(62)63)22-24-40(55)56/h1-20,33-38H,21-28,47H2,(H,48,58)(H,49,57)(H,50,60)(H,51,59)(H,52,61)(H,53,54)(H,55,56)(H,62,63)/t33-,34-,35-,36-,37-,38-/m0/s1. The highest BCUT2D eigenvalue weighted by atomic mass is 16.4. The molecule has 0 unspecified atom stereocenters. The van der Waals surface area contributed by atoms with Gasteiger partial charge in [0.05, 0.1) is 6.04 Å². The number of carboxylic acid groups (broad SMARTS) is 3. The van der Waals surface area contributed by atoms with Gasteiger partial charge in [-0.15, -0.1) is 0 Å². The van der Waals surface area contributed by atoms with Gasteiger partial charge in [0, 0.05) is 38.5 Å². The Balaban J connectivity index is 1.65. The summed E-state index contributed by atoms with van der Waals surface area (Å²) >= 11 is 0. The number of carbonyl (C=O) groups excluding carboxylic acids is 5. The van der Waals surface area contributed by atoms with Gasteiger partial charge in [-0.25, -0.2) is 4.79 Å². The summed E-state index contributed by atoms with van der Waals surface area (Å²) in [6, 6.07) is 26.5. The Morgan fingerprint density at radius 2 is 0.635 bits per heavy atom.